The third kappa shape index (κ3) is 6.87. The molecular weight excluding hydrogens is 413 g/mol. The van der Waals surface area contributed by atoms with Gasteiger partial charge in [0.15, 0.2) is 5.13 Å². The molecule has 2 rings (SSSR count). The van der Waals surface area contributed by atoms with Crippen molar-refractivity contribution in [3.63, 3.8) is 0 Å². The van der Waals surface area contributed by atoms with E-state index < -0.39 is 24.9 Å². The zero-order valence-corrected chi connectivity index (χ0v) is 16.0. The number of aryl methyl sites for hydroxylation is 1. The van der Waals surface area contributed by atoms with Crippen molar-refractivity contribution in [2.24, 2.45) is 5.73 Å². The number of rotatable bonds is 7. The summed E-state index contributed by atoms with van der Waals surface area (Å²) in [6.07, 6.45) is 1.23. The fourth-order valence-corrected chi connectivity index (χ4v) is 2.46. The van der Waals surface area contributed by atoms with Gasteiger partial charge in [0.05, 0.1) is 37.0 Å². The van der Waals surface area contributed by atoms with Gasteiger partial charge in [0, 0.05) is 5.38 Å². The van der Waals surface area contributed by atoms with E-state index in [1.54, 1.807) is 12.3 Å². The Morgan fingerprint density at radius 3 is 2.65 bits per heavy atom. The van der Waals surface area contributed by atoms with Gasteiger partial charge < -0.3 is 15.5 Å². The minimum Gasteiger partial charge on any atom is -0.469 e. The molecule has 0 aliphatic rings. The molecule has 0 fully saturated rings. The second-order valence-corrected chi connectivity index (χ2v) is 5.86. The van der Waals surface area contributed by atoms with Crippen molar-refractivity contribution in [1.29, 1.82) is 0 Å². The lowest BCUT2D eigenvalue weighted by Crippen LogP contribution is -2.42. The van der Waals surface area contributed by atoms with Crippen LogP contribution >= 0.6 is 36.2 Å². The first-order chi connectivity index (χ1) is 11.3. The van der Waals surface area contributed by atoms with Crippen LogP contribution in [-0.4, -0.2) is 35.8 Å². The molecule has 0 unspecified atom stereocenters. The normalized spacial score (nSPS) is 10.5. The lowest BCUT2D eigenvalue weighted by atomic mass is 10.2. The Kier molecular flexibility index (Phi) is 9.71. The van der Waals surface area contributed by atoms with Crippen LogP contribution in [0.25, 0.3) is 0 Å². The highest BCUT2D eigenvalue weighted by Gasteiger charge is 2.27. The molecular formula is C14H18Cl2F2N4O3S. The van der Waals surface area contributed by atoms with Crippen LogP contribution in [0.5, 0.6) is 0 Å². The number of thiazole rings is 1. The SMILES string of the molecule is Cc1occc1C(=O)Nc1nc(CC(=O)NCC(F)(F)CN)cs1.Cl.Cl. The second kappa shape index (κ2) is 10.4. The van der Waals surface area contributed by atoms with Crippen molar-refractivity contribution in [3.8, 4) is 0 Å². The molecule has 146 valence electrons. The predicted molar refractivity (Wildman–Crippen MR) is 98.7 cm³/mol. The van der Waals surface area contributed by atoms with E-state index in [-0.39, 0.29) is 37.1 Å². The van der Waals surface area contributed by atoms with Crippen LogP contribution < -0.4 is 16.4 Å². The van der Waals surface area contributed by atoms with Crippen LogP contribution in [-0.2, 0) is 11.2 Å². The number of anilines is 1. The minimum atomic E-state index is -3.14. The van der Waals surface area contributed by atoms with Crippen molar-refractivity contribution in [3.05, 3.63) is 34.7 Å². The first-order valence-corrected chi connectivity index (χ1v) is 7.83. The van der Waals surface area contributed by atoms with Gasteiger partial charge in [-0.05, 0) is 13.0 Å². The average molecular weight is 431 g/mol. The van der Waals surface area contributed by atoms with Crippen LogP contribution in [0, 0.1) is 6.92 Å². The molecule has 0 aliphatic heterocycles. The fraction of sp³-hybridized carbons (Fsp3) is 0.357. The van der Waals surface area contributed by atoms with Crippen LogP contribution in [0.4, 0.5) is 13.9 Å². The van der Waals surface area contributed by atoms with E-state index in [1.807, 2.05) is 0 Å². The number of furan rings is 1. The number of alkyl halides is 2. The molecule has 0 saturated heterocycles. The fourth-order valence-electron chi connectivity index (χ4n) is 1.76. The average Bonchev–Trinajstić information content (AvgIpc) is 3.14. The standard InChI is InChI=1S/C14H16F2N4O3S.2ClH/c1-8-10(2-3-23-8)12(22)20-13-19-9(5-24-13)4-11(21)18-7-14(15,16)6-17;;/h2-3,5H,4,6-7,17H2,1H3,(H,18,21)(H,19,20,22);2*1H. The number of halogens is 4. The molecule has 12 heteroatoms. The summed E-state index contributed by atoms with van der Waals surface area (Å²) in [4.78, 5) is 27.7. The van der Waals surface area contributed by atoms with Crippen LogP contribution in [0.2, 0.25) is 0 Å². The maximum Gasteiger partial charge on any atom is 0.277 e. The molecule has 0 atom stereocenters. The summed E-state index contributed by atoms with van der Waals surface area (Å²) < 4.78 is 31.0. The zero-order valence-electron chi connectivity index (χ0n) is 13.6. The third-order valence-electron chi connectivity index (χ3n) is 3.06. The van der Waals surface area contributed by atoms with Crippen molar-refractivity contribution in [2.75, 3.05) is 18.4 Å². The van der Waals surface area contributed by atoms with Gasteiger partial charge in [0.1, 0.15) is 5.76 Å². The van der Waals surface area contributed by atoms with Crippen molar-refractivity contribution >= 4 is 53.1 Å². The van der Waals surface area contributed by atoms with E-state index in [9.17, 15) is 18.4 Å². The summed E-state index contributed by atoms with van der Waals surface area (Å²) in [6.45, 7) is -0.00688. The largest absolute Gasteiger partial charge is 0.469 e. The first kappa shape index (κ1) is 24.2. The predicted octanol–water partition coefficient (Wildman–Crippen LogP) is 2.39. The Bertz CT molecular complexity index is 739. The van der Waals surface area contributed by atoms with E-state index in [0.717, 1.165) is 11.3 Å². The van der Waals surface area contributed by atoms with Crippen LogP contribution in [0.1, 0.15) is 21.8 Å². The quantitative estimate of drug-likeness (QED) is 0.624. The Labute approximate surface area is 164 Å². The topological polar surface area (TPSA) is 110 Å². The Morgan fingerprint density at radius 2 is 2.08 bits per heavy atom. The van der Waals surface area contributed by atoms with E-state index in [1.165, 1.54) is 12.3 Å². The van der Waals surface area contributed by atoms with E-state index in [4.69, 9.17) is 10.2 Å². The number of amides is 2. The number of nitrogens with two attached hydrogens (primary N) is 1. The molecule has 0 aromatic carbocycles. The van der Waals surface area contributed by atoms with Crippen molar-refractivity contribution < 1.29 is 22.8 Å². The number of hydrogen-bond acceptors (Lipinski definition) is 6. The zero-order chi connectivity index (χ0) is 17.7. The minimum absolute atomic E-state index is 0. The van der Waals surface area contributed by atoms with Gasteiger partial charge >= 0.3 is 0 Å². The van der Waals surface area contributed by atoms with Crippen LogP contribution in [0.3, 0.4) is 0 Å². The summed E-state index contributed by atoms with van der Waals surface area (Å²) in [5, 5.41) is 6.55. The molecule has 2 heterocycles. The lowest BCUT2D eigenvalue weighted by molar-refractivity contribution is -0.122. The van der Waals surface area contributed by atoms with Gasteiger partial charge in [-0.15, -0.1) is 36.2 Å². The highest BCUT2D eigenvalue weighted by Crippen LogP contribution is 2.18. The second-order valence-electron chi connectivity index (χ2n) is 5.00. The monoisotopic (exact) mass is 430 g/mol. The van der Waals surface area contributed by atoms with Gasteiger partial charge in [0.25, 0.3) is 11.8 Å². The molecule has 4 N–H and O–H groups in total. The molecule has 0 spiro atoms. The van der Waals surface area contributed by atoms with E-state index in [0.29, 0.717) is 22.1 Å². The van der Waals surface area contributed by atoms with Gasteiger partial charge in [0.2, 0.25) is 5.91 Å². The summed E-state index contributed by atoms with van der Waals surface area (Å²) in [5.41, 5.74) is 5.64. The van der Waals surface area contributed by atoms with E-state index in [2.05, 4.69) is 15.6 Å². The number of carbonyl (C=O) groups excluding carboxylic acids is 2. The van der Waals surface area contributed by atoms with Crippen molar-refractivity contribution in [1.82, 2.24) is 10.3 Å². The molecule has 0 bridgehead atoms. The summed E-state index contributed by atoms with van der Waals surface area (Å²) >= 11 is 1.13. The number of aromatic nitrogens is 1. The third-order valence-corrected chi connectivity index (χ3v) is 3.87. The molecule has 7 nitrogen and oxygen atoms in total. The van der Waals surface area contributed by atoms with Crippen molar-refractivity contribution in [2.45, 2.75) is 19.3 Å². The molecule has 0 aliphatic carbocycles. The molecule has 0 radical (unpaired) electrons. The Morgan fingerprint density at radius 1 is 1.38 bits per heavy atom. The molecule has 2 aromatic rings. The first-order valence-electron chi connectivity index (χ1n) is 6.95. The number of nitrogens with zero attached hydrogens (tertiary/aromatic N) is 1. The maximum atomic E-state index is 13.0. The molecule has 2 aromatic heterocycles. The number of nitrogens with one attached hydrogen (secondary N) is 2. The molecule has 26 heavy (non-hydrogen) atoms. The number of hydrogen-bond donors (Lipinski definition) is 3. The highest BCUT2D eigenvalue weighted by atomic mass is 35.5. The van der Waals surface area contributed by atoms with Crippen LogP contribution in [0.15, 0.2) is 22.1 Å². The van der Waals surface area contributed by atoms with Gasteiger partial charge in [-0.3, -0.25) is 14.9 Å². The summed E-state index contributed by atoms with van der Waals surface area (Å²) in [7, 11) is 0. The lowest BCUT2D eigenvalue weighted by Gasteiger charge is -2.14. The van der Waals surface area contributed by atoms with E-state index >= 15 is 0 Å². The highest BCUT2D eigenvalue weighted by molar-refractivity contribution is 7.14. The summed E-state index contributed by atoms with van der Waals surface area (Å²) in [5.74, 6) is -3.64. The maximum absolute atomic E-state index is 13.0. The summed E-state index contributed by atoms with van der Waals surface area (Å²) in [6, 6.07) is 1.53. The van der Waals surface area contributed by atoms with Gasteiger partial charge in [-0.2, -0.15) is 0 Å². The smallest absolute Gasteiger partial charge is 0.277 e. The van der Waals surface area contributed by atoms with Gasteiger partial charge in [-0.25, -0.2) is 13.8 Å². The Balaban J connectivity index is 0.00000312. The molecule has 0 saturated carbocycles. The van der Waals surface area contributed by atoms with Gasteiger partial charge in [-0.1, -0.05) is 0 Å². The Hall–Kier alpha value is -1.75. The number of carbonyl (C=O) groups is 2. The molecule has 2 amide bonds.